The average molecular weight is 336 g/mol. The summed E-state index contributed by atoms with van der Waals surface area (Å²) in [6.45, 7) is 3.02. The Hall–Kier alpha value is -1.56. The third-order valence-electron chi connectivity index (χ3n) is 3.78. The van der Waals surface area contributed by atoms with Crippen LogP contribution in [0, 0.1) is 0 Å². The van der Waals surface area contributed by atoms with Gasteiger partial charge in [-0.15, -0.1) is 0 Å². The summed E-state index contributed by atoms with van der Waals surface area (Å²) in [5, 5.41) is 0.551. The minimum absolute atomic E-state index is 0.551. The molecule has 0 spiro atoms. The number of piperazine rings is 1. The molecule has 0 saturated carbocycles. The zero-order valence-corrected chi connectivity index (χ0v) is 13.7. The van der Waals surface area contributed by atoms with Crippen molar-refractivity contribution in [2.45, 2.75) is 4.90 Å². The highest BCUT2D eigenvalue weighted by atomic mass is 35.5. The van der Waals surface area contributed by atoms with Crippen LogP contribution >= 0.6 is 11.6 Å². The molecule has 0 amide bonds. The van der Waals surface area contributed by atoms with Crippen LogP contribution in [-0.2, 0) is 11.0 Å². The van der Waals surface area contributed by atoms with Crippen molar-refractivity contribution in [3.8, 4) is 0 Å². The van der Waals surface area contributed by atoms with Crippen molar-refractivity contribution < 1.29 is 4.21 Å². The summed E-state index contributed by atoms with van der Waals surface area (Å²) in [7, 11) is -1.21. The van der Waals surface area contributed by atoms with Crippen LogP contribution < -0.4 is 10.6 Å². The molecule has 1 fully saturated rings. The quantitative estimate of drug-likeness (QED) is 0.877. The number of nitrogens with two attached hydrogens (primary N) is 1. The van der Waals surface area contributed by atoms with Gasteiger partial charge >= 0.3 is 0 Å². The Balaban J connectivity index is 1.68. The fourth-order valence-corrected chi connectivity index (χ4v) is 4.13. The van der Waals surface area contributed by atoms with Gasteiger partial charge in [-0.3, -0.25) is 0 Å². The standard InChI is InChI=1S/C16H18ClN3OS/c17-13-5-1-4-8-16(13)22(21)20-11-9-19(10-12-20)15-7-3-2-6-14(15)18/h1-8H,9-12,18H2. The van der Waals surface area contributed by atoms with E-state index in [2.05, 4.69) is 4.90 Å². The molecule has 0 bridgehead atoms. The first-order valence-corrected chi connectivity index (χ1v) is 8.66. The molecule has 0 aliphatic carbocycles. The van der Waals surface area contributed by atoms with Gasteiger partial charge in [0.2, 0.25) is 0 Å². The van der Waals surface area contributed by atoms with Gasteiger partial charge in [0, 0.05) is 26.2 Å². The predicted octanol–water partition coefficient (Wildman–Crippen LogP) is 2.77. The third-order valence-corrected chi connectivity index (χ3v) is 5.78. The molecular weight excluding hydrogens is 318 g/mol. The lowest BCUT2D eigenvalue weighted by Gasteiger charge is -2.35. The first kappa shape index (κ1) is 15.3. The highest BCUT2D eigenvalue weighted by Gasteiger charge is 2.24. The number of hydrogen-bond donors (Lipinski definition) is 1. The van der Waals surface area contributed by atoms with E-state index >= 15 is 0 Å². The summed E-state index contributed by atoms with van der Waals surface area (Å²) < 4.78 is 14.6. The number of nitrogen functional groups attached to an aromatic ring is 1. The zero-order chi connectivity index (χ0) is 15.5. The fraction of sp³-hybridized carbons (Fsp3) is 0.250. The number of hydrogen-bond acceptors (Lipinski definition) is 3. The number of para-hydroxylation sites is 2. The van der Waals surface area contributed by atoms with Crippen molar-refractivity contribution in [2.75, 3.05) is 36.8 Å². The first-order valence-electron chi connectivity index (χ1n) is 7.17. The highest BCUT2D eigenvalue weighted by molar-refractivity contribution is 7.82. The minimum atomic E-state index is -1.21. The Kier molecular flexibility index (Phi) is 4.66. The largest absolute Gasteiger partial charge is 0.397 e. The number of nitrogens with zero attached hydrogens (tertiary/aromatic N) is 2. The van der Waals surface area contributed by atoms with E-state index < -0.39 is 11.0 Å². The van der Waals surface area contributed by atoms with Gasteiger partial charge in [0.05, 0.1) is 21.3 Å². The molecule has 0 aromatic heterocycles. The molecule has 6 heteroatoms. The molecule has 22 heavy (non-hydrogen) atoms. The maximum atomic E-state index is 12.6. The molecule has 2 aromatic rings. The molecule has 4 nitrogen and oxygen atoms in total. The average Bonchev–Trinajstić information content (AvgIpc) is 2.55. The van der Waals surface area contributed by atoms with Gasteiger partial charge in [-0.25, -0.2) is 8.51 Å². The molecule has 1 aliphatic heterocycles. The predicted molar refractivity (Wildman–Crippen MR) is 92.5 cm³/mol. The van der Waals surface area contributed by atoms with Gasteiger partial charge in [0.15, 0.2) is 0 Å². The summed E-state index contributed by atoms with van der Waals surface area (Å²) in [6, 6.07) is 15.1. The van der Waals surface area contributed by atoms with E-state index in [0.29, 0.717) is 23.0 Å². The SMILES string of the molecule is Nc1ccccc1N1CCN(S(=O)c2ccccc2Cl)CC1. The van der Waals surface area contributed by atoms with Crippen molar-refractivity contribution in [1.29, 1.82) is 0 Å². The van der Waals surface area contributed by atoms with Crippen LogP contribution in [0.2, 0.25) is 5.02 Å². The Morgan fingerprint density at radius 3 is 2.27 bits per heavy atom. The molecule has 2 N–H and O–H groups in total. The summed E-state index contributed by atoms with van der Waals surface area (Å²) in [4.78, 5) is 2.91. The first-order chi connectivity index (χ1) is 10.7. The summed E-state index contributed by atoms with van der Waals surface area (Å²) in [5.41, 5.74) is 7.85. The summed E-state index contributed by atoms with van der Waals surface area (Å²) in [6.07, 6.45) is 0. The van der Waals surface area contributed by atoms with E-state index in [4.69, 9.17) is 17.3 Å². The lowest BCUT2D eigenvalue weighted by Crippen LogP contribution is -2.47. The van der Waals surface area contributed by atoms with E-state index in [0.717, 1.165) is 24.5 Å². The number of halogens is 1. The van der Waals surface area contributed by atoms with Crippen molar-refractivity contribution in [3.63, 3.8) is 0 Å². The molecule has 0 radical (unpaired) electrons. The van der Waals surface area contributed by atoms with Gasteiger partial charge in [-0.2, -0.15) is 0 Å². The van der Waals surface area contributed by atoms with Crippen LogP contribution in [0.5, 0.6) is 0 Å². The molecular formula is C16H18ClN3OS. The second-order valence-corrected chi connectivity index (χ2v) is 7.02. The Bertz CT molecular complexity index is 687. The minimum Gasteiger partial charge on any atom is -0.397 e. The lowest BCUT2D eigenvalue weighted by atomic mass is 10.2. The van der Waals surface area contributed by atoms with E-state index in [9.17, 15) is 4.21 Å². The third kappa shape index (κ3) is 3.11. The normalized spacial score (nSPS) is 17.4. The second-order valence-electron chi connectivity index (χ2n) is 5.15. The topological polar surface area (TPSA) is 49.6 Å². The Labute approximate surface area is 138 Å². The van der Waals surface area contributed by atoms with Gasteiger partial charge < -0.3 is 10.6 Å². The van der Waals surface area contributed by atoms with Crippen molar-refractivity contribution >= 4 is 34.0 Å². The van der Waals surface area contributed by atoms with E-state index in [-0.39, 0.29) is 0 Å². The van der Waals surface area contributed by atoms with Crippen LogP contribution in [0.15, 0.2) is 53.4 Å². The number of anilines is 2. The lowest BCUT2D eigenvalue weighted by molar-refractivity contribution is 0.410. The molecule has 1 atom stereocenters. The molecule has 2 aromatic carbocycles. The Morgan fingerprint density at radius 1 is 0.955 bits per heavy atom. The number of rotatable bonds is 3. The summed E-state index contributed by atoms with van der Waals surface area (Å²) >= 11 is 6.14. The van der Waals surface area contributed by atoms with Gasteiger partial charge in [-0.1, -0.05) is 35.9 Å². The molecule has 3 rings (SSSR count). The fourth-order valence-electron chi connectivity index (χ4n) is 2.60. The molecule has 116 valence electrons. The van der Waals surface area contributed by atoms with Crippen LogP contribution in [-0.4, -0.2) is 34.7 Å². The van der Waals surface area contributed by atoms with E-state index in [1.165, 1.54) is 0 Å². The molecule has 1 heterocycles. The maximum absolute atomic E-state index is 12.6. The van der Waals surface area contributed by atoms with Crippen molar-refractivity contribution in [3.05, 3.63) is 53.6 Å². The molecule has 1 unspecified atom stereocenters. The monoisotopic (exact) mass is 335 g/mol. The van der Waals surface area contributed by atoms with Gasteiger partial charge in [0.25, 0.3) is 0 Å². The van der Waals surface area contributed by atoms with Gasteiger partial charge in [0.1, 0.15) is 11.0 Å². The van der Waals surface area contributed by atoms with Crippen molar-refractivity contribution in [1.82, 2.24) is 4.31 Å². The smallest absolute Gasteiger partial charge is 0.129 e. The van der Waals surface area contributed by atoms with Crippen LogP contribution in [0.3, 0.4) is 0 Å². The van der Waals surface area contributed by atoms with Crippen LogP contribution in [0.1, 0.15) is 0 Å². The second kappa shape index (κ2) is 6.69. The van der Waals surface area contributed by atoms with Crippen LogP contribution in [0.4, 0.5) is 11.4 Å². The number of benzene rings is 2. The van der Waals surface area contributed by atoms with Crippen LogP contribution in [0.25, 0.3) is 0 Å². The molecule has 1 saturated heterocycles. The molecule has 1 aliphatic rings. The van der Waals surface area contributed by atoms with Crippen molar-refractivity contribution in [2.24, 2.45) is 0 Å². The Morgan fingerprint density at radius 2 is 1.59 bits per heavy atom. The highest BCUT2D eigenvalue weighted by Crippen LogP contribution is 2.26. The maximum Gasteiger partial charge on any atom is 0.129 e. The zero-order valence-electron chi connectivity index (χ0n) is 12.1. The summed E-state index contributed by atoms with van der Waals surface area (Å²) in [5.74, 6) is 0. The van der Waals surface area contributed by atoms with E-state index in [1.54, 1.807) is 6.07 Å². The van der Waals surface area contributed by atoms with Gasteiger partial charge in [-0.05, 0) is 24.3 Å². The van der Waals surface area contributed by atoms with E-state index in [1.807, 2.05) is 46.8 Å².